The van der Waals surface area contributed by atoms with E-state index in [2.05, 4.69) is 5.32 Å². The molecule has 0 bridgehead atoms. The molecule has 1 aromatic rings. The quantitative estimate of drug-likeness (QED) is 0.685. The summed E-state index contributed by atoms with van der Waals surface area (Å²) in [5.74, 6) is 1.11. The van der Waals surface area contributed by atoms with Gasteiger partial charge in [0.25, 0.3) is 5.91 Å². The van der Waals surface area contributed by atoms with Crippen LogP contribution in [0.1, 0.15) is 49.5 Å². The van der Waals surface area contributed by atoms with Gasteiger partial charge in [0.1, 0.15) is 18.0 Å². The number of benzene rings is 1. The number of nitrogens with zero attached hydrogens (tertiary/aromatic N) is 1. The van der Waals surface area contributed by atoms with Crippen LogP contribution in [0.5, 0.6) is 5.75 Å². The molecule has 2 aliphatic heterocycles. The summed E-state index contributed by atoms with van der Waals surface area (Å²) >= 11 is 0. The molecule has 32 heavy (non-hydrogen) atoms. The summed E-state index contributed by atoms with van der Waals surface area (Å²) < 4.78 is 29.5. The van der Waals surface area contributed by atoms with Crippen molar-refractivity contribution >= 4 is 12.0 Å². The van der Waals surface area contributed by atoms with Crippen LogP contribution in [0.15, 0.2) is 30.1 Å². The molecule has 0 aromatic heterocycles. The molecule has 8 heteroatoms. The van der Waals surface area contributed by atoms with E-state index in [4.69, 9.17) is 14.2 Å². The summed E-state index contributed by atoms with van der Waals surface area (Å²) in [6, 6.07) is 5.35. The van der Waals surface area contributed by atoms with E-state index in [1.165, 1.54) is 0 Å². The van der Waals surface area contributed by atoms with Crippen molar-refractivity contribution in [3.05, 3.63) is 41.2 Å². The maximum atomic E-state index is 13.2. The number of hydrogen-bond acceptors (Lipinski definition) is 5. The molecule has 0 radical (unpaired) electrons. The van der Waals surface area contributed by atoms with Crippen molar-refractivity contribution in [3.63, 3.8) is 0 Å². The van der Waals surface area contributed by atoms with E-state index < -0.39 is 11.7 Å². The third-order valence-electron chi connectivity index (χ3n) is 5.50. The second-order valence-electron chi connectivity index (χ2n) is 9.29. The van der Waals surface area contributed by atoms with E-state index in [0.29, 0.717) is 30.1 Å². The third kappa shape index (κ3) is 6.95. The Morgan fingerprint density at radius 2 is 2.06 bits per heavy atom. The molecule has 2 amide bonds. The summed E-state index contributed by atoms with van der Waals surface area (Å²) in [6.07, 6.45) is 2.56. The van der Waals surface area contributed by atoms with Gasteiger partial charge in [0.15, 0.2) is 0 Å². The summed E-state index contributed by atoms with van der Waals surface area (Å²) in [5, 5.41) is 2.51. The first kappa shape index (κ1) is 24.0. The molecule has 1 fully saturated rings. The van der Waals surface area contributed by atoms with Gasteiger partial charge in [0, 0.05) is 44.0 Å². The van der Waals surface area contributed by atoms with Crippen LogP contribution in [-0.4, -0.2) is 62.0 Å². The van der Waals surface area contributed by atoms with E-state index in [0.717, 1.165) is 44.6 Å². The van der Waals surface area contributed by atoms with Gasteiger partial charge in [-0.2, -0.15) is 0 Å². The number of alkyl carbamates (subject to hydrolysis) is 1. The zero-order chi connectivity index (χ0) is 23.1. The predicted molar refractivity (Wildman–Crippen MR) is 119 cm³/mol. The van der Waals surface area contributed by atoms with E-state index in [1.54, 1.807) is 32.9 Å². The minimum Gasteiger partial charge on any atom is -0.489 e. The van der Waals surface area contributed by atoms with Crippen LogP contribution in [0.3, 0.4) is 0 Å². The second-order valence-corrected chi connectivity index (χ2v) is 9.29. The average Bonchev–Trinajstić information content (AvgIpc) is 2.75. The largest absolute Gasteiger partial charge is 0.489 e. The highest BCUT2D eigenvalue weighted by Crippen LogP contribution is 2.26. The smallest absolute Gasteiger partial charge is 0.407 e. The van der Waals surface area contributed by atoms with Gasteiger partial charge in [-0.05, 0) is 69.7 Å². The van der Waals surface area contributed by atoms with Gasteiger partial charge in [-0.1, -0.05) is 0 Å². The van der Waals surface area contributed by atoms with Crippen molar-refractivity contribution in [2.45, 2.75) is 45.6 Å². The van der Waals surface area contributed by atoms with Crippen LogP contribution in [0.4, 0.5) is 9.18 Å². The van der Waals surface area contributed by atoms with E-state index >= 15 is 0 Å². The molecule has 3 rings (SSSR count). The van der Waals surface area contributed by atoms with Gasteiger partial charge in [0.05, 0.1) is 6.33 Å². The molecular weight excluding hydrogens is 415 g/mol. The van der Waals surface area contributed by atoms with Crippen molar-refractivity contribution in [1.29, 1.82) is 0 Å². The Morgan fingerprint density at radius 1 is 1.31 bits per heavy atom. The standard InChI is InChI=1S/C24H33FN2O5/c1-24(2,3)32-23(29)26-14-18(13-25)16-31-20-4-5-21-19(12-20)6-9-27(22(21)28)15-17-7-10-30-11-8-17/h4-5,12-13,17H,6-11,14-16H2,1-3H3,(H,26,29)/b18-13-. The molecule has 176 valence electrons. The zero-order valence-electron chi connectivity index (χ0n) is 19.1. The second kappa shape index (κ2) is 10.8. The number of carbonyl (C=O) groups excluding carboxylic acids is 2. The van der Waals surface area contributed by atoms with Crippen LogP contribution in [0.25, 0.3) is 0 Å². The Balaban J connectivity index is 1.51. The number of halogens is 1. The summed E-state index contributed by atoms with van der Waals surface area (Å²) in [4.78, 5) is 26.6. The minimum absolute atomic E-state index is 0.0179. The predicted octanol–water partition coefficient (Wildman–Crippen LogP) is 3.87. The zero-order valence-corrected chi connectivity index (χ0v) is 19.1. The number of ether oxygens (including phenoxy) is 3. The fourth-order valence-electron chi connectivity index (χ4n) is 3.81. The number of amides is 2. The van der Waals surface area contributed by atoms with Crippen molar-refractivity contribution in [3.8, 4) is 5.75 Å². The Bertz CT molecular complexity index is 843. The lowest BCUT2D eigenvalue weighted by molar-refractivity contribution is 0.0449. The molecular formula is C24H33FN2O5. The normalized spacial score (nSPS) is 17.7. The van der Waals surface area contributed by atoms with Crippen molar-refractivity contribution < 1.29 is 28.2 Å². The average molecular weight is 449 g/mol. The molecule has 1 aromatic carbocycles. The molecule has 1 saturated heterocycles. The van der Waals surface area contributed by atoms with Crippen LogP contribution in [0.2, 0.25) is 0 Å². The van der Waals surface area contributed by atoms with Crippen LogP contribution < -0.4 is 10.1 Å². The molecule has 0 atom stereocenters. The number of hydrogen-bond donors (Lipinski definition) is 1. The highest BCUT2D eigenvalue weighted by molar-refractivity contribution is 5.97. The molecule has 7 nitrogen and oxygen atoms in total. The monoisotopic (exact) mass is 448 g/mol. The maximum Gasteiger partial charge on any atom is 0.407 e. The molecule has 0 saturated carbocycles. The lowest BCUT2D eigenvalue weighted by Gasteiger charge is -2.33. The van der Waals surface area contributed by atoms with Gasteiger partial charge in [-0.25, -0.2) is 9.18 Å². The van der Waals surface area contributed by atoms with Gasteiger partial charge < -0.3 is 24.4 Å². The molecule has 0 aliphatic carbocycles. The highest BCUT2D eigenvalue weighted by Gasteiger charge is 2.27. The Morgan fingerprint density at radius 3 is 2.75 bits per heavy atom. The lowest BCUT2D eigenvalue weighted by Crippen LogP contribution is -2.41. The SMILES string of the molecule is CC(C)(C)OC(=O)NC/C(=C/F)COc1ccc2c(c1)CCN(CC1CCOCC1)C2=O. The summed E-state index contributed by atoms with van der Waals surface area (Å²) in [7, 11) is 0. The van der Waals surface area contributed by atoms with Crippen molar-refractivity contribution in [1.82, 2.24) is 10.2 Å². The van der Waals surface area contributed by atoms with E-state index in [-0.39, 0.29) is 24.6 Å². The Hall–Kier alpha value is -2.61. The molecule has 0 spiro atoms. The fraction of sp³-hybridized carbons (Fsp3) is 0.583. The Labute approximate surface area is 188 Å². The Kier molecular flexibility index (Phi) is 8.12. The van der Waals surface area contributed by atoms with Crippen LogP contribution >= 0.6 is 0 Å². The first-order chi connectivity index (χ1) is 15.2. The van der Waals surface area contributed by atoms with Gasteiger partial charge in [-0.15, -0.1) is 0 Å². The molecule has 0 unspecified atom stereocenters. The van der Waals surface area contributed by atoms with Crippen LogP contribution in [-0.2, 0) is 15.9 Å². The number of nitrogens with one attached hydrogen (secondary N) is 1. The highest BCUT2D eigenvalue weighted by atomic mass is 19.1. The van der Waals surface area contributed by atoms with Gasteiger partial charge in [0.2, 0.25) is 0 Å². The number of carbonyl (C=O) groups is 2. The first-order valence-corrected chi connectivity index (χ1v) is 11.1. The summed E-state index contributed by atoms with van der Waals surface area (Å²) in [6.45, 7) is 8.23. The number of rotatable bonds is 7. The topological polar surface area (TPSA) is 77.1 Å². The van der Waals surface area contributed by atoms with E-state index in [9.17, 15) is 14.0 Å². The minimum atomic E-state index is -0.624. The molecule has 2 heterocycles. The van der Waals surface area contributed by atoms with Crippen molar-refractivity contribution in [2.75, 3.05) is 39.5 Å². The third-order valence-corrected chi connectivity index (χ3v) is 5.50. The maximum absolute atomic E-state index is 13.2. The first-order valence-electron chi connectivity index (χ1n) is 11.1. The van der Waals surface area contributed by atoms with Gasteiger partial charge >= 0.3 is 6.09 Å². The van der Waals surface area contributed by atoms with Gasteiger partial charge in [-0.3, -0.25) is 4.79 Å². The fourth-order valence-corrected chi connectivity index (χ4v) is 3.81. The lowest BCUT2D eigenvalue weighted by atomic mass is 9.95. The van der Waals surface area contributed by atoms with Crippen LogP contribution in [0, 0.1) is 5.92 Å². The summed E-state index contributed by atoms with van der Waals surface area (Å²) in [5.41, 5.74) is 1.28. The van der Waals surface area contributed by atoms with Crippen molar-refractivity contribution in [2.24, 2.45) is 5.92 Å². The number of fused-ring (bicyclic) bond motifs is 1. The molecule has 1 N–H and O–H groups in total. The van der Waals surface area contributed by atoms with E-state index in [1.807, 2.05) is 11.0 Å². The molecule has 2 aliphatic rings.